The number of aromatic nitrogens is 3. The van der Waals surface area contributed by atoms with Crippen LogP contribution in [0.1, 0.15) is 5.69 Å². The highest BCUT2D eigenvalue weighted by molar-refractivity contribution is 9.10. The normalized spacial score (nSPS) is 11.8. The minimum absolute atomic E-state index is 0.209. The quantitative estimate of drug-likeness (QED) is 0.876. The van der Waals surface area contributed by atoms with Crippen molar-refractivity contribution in [1.82, 2.24) is 15.2 Å². The number of rotatable bonds is 1. The maximum absolute atomic E-state index is 12.3. The van der Waals surface area contributed by atoms with Crippen LogP contribution in [0, 0.1) is 0 Å². The molecule has 2 heterocycles. The SMILES string of the molecule is FC(F)(F)c1cc(-c2cncc(Br)c2)n[nH]1. The molecule has 0 aliphatic rings. The summed E-state index contributed by atoms with van der Waals surface area (Å²) < 4.78 is 37.6. The molecule has 0 saturated heterocycles. The molecule has 0 aliphatic heterocycles. The zero-order valence-corrected chi connectivity index (χ0v) is 9.30. The van der Waals surface area contributed by atoms with Crippen molar-refractivity contribution < 1.29 is 13.2 Å². The summed E-state index contributed by atoms with van der Waals surface area (Å²) in [6.07, 6.45) is -1.42. The van der Waals surface area contributed by atoms with Crippen LogP contribution in [0.5, 0.6) is 0 Å². The molecule has 0 aliphatic carbocycles. The zero-order valence-electron chi connectivity index (χ0n) is 7.72. The molecule has 0 atom stereocenters. The van der Waals surface area contributed by atoms with Crippen molar-refractivity contribution in [3.05, 3.63) is 34.7 Å². The molecule has 7 heteroatoms. The van der Waals surface area contributed by atoms with Gasteiger partial charge < -0.3 is 0 Å². The highest BCUT2D eigenvalue weighted by atomic mass is 79.9. The first-order valence-corrected chi connectivity index (χ1v) is 4.99. The van der Waals surface area contributed by atoms with Gasteiger partial charge in [0.2, 0.25) is 0 Å². The first kappa shape index (κ1) is 11.1. The van der Waals surface area contributed by atoms with E-state index >= 15 is 0 Å². The van der Waals surface area contributed by atoms with E-state index in [1.807, 2.05) is 5.10 Å². The molecule has 0 spiro atoms. The van der Waals surface area contributed by atoms with Crippen LogP contribution >= 0.6 is 15.9 Å². The largest absolute Gasteiger partial charge is 0.432 e. The summed E-state index contributed by atoms with van der Waals surface area (Å²) in [5.41, 5.74) is -0.148. The number of hydrogen-bond acceptors (Lipinski definition) is 2. The van der Waals surface area contributed by atoms with E-state index in [1.165, 1.54) is 6.20 Å². The summed E-state index contributed by atoms with van der Waals surface area (Å²) in [6, 6.07) is 2.59. The Morgan fingerprint density at radius 1 is 1.19 bits per heavy atom. The highest BCUT2D eigenvalue weighted by Crippen LogP contribution is 2.30. The molecule has 3 nitrogen and oxygen atoms in total. The predicted octanol–water partition coefficient (Wildman–Crippen LogP) is 3.25. The number of pyridine rings is 1. The molecule has 16 heavy (non-hydrogen) atoms. The van der Waals surface area contributed by atoms with E-state index in [-0.39, 0.29) is 5.69 Å². The van der Waals surface area contributed by atoms with Gasteiger partial charge in [-0.15, -0.1) is 0 Å². The number of hydrogen-bond donors (Lipinski definition) is 1. The van der Waals surface area contributed by atoms with Gasteiger partial charge in [0, 0.05) is 22.4 Å². The third-order valence-electron chi connectivity index (χ3n) is 1.88. The number of nitrogens with one attached hydrogen (secondary N) is 1. The van der Waals surface area contributed by atoms with Crippen LogP contribution in [0.15, 0.2) is 29.0 Å². The average Bonchev–Trinajstić information content (AvgIpc) is 2.65. The Morgan fingerprint density at radius 3 is 2.50 bits per heavy atom. The third-order valence-corrected chi connectivity index (χ3v) is 2.32. The lowest BCUT2D eigenvalue weighted by molar-refractivity contribution is -0.141. The van der Waals surface area contributed by atoms with Gasteiger partial charge in [-0.2, -0.15) is 18.3 Å². The fourth-order valence-corrected chi connectivity index (χ4v) is 1.53. The van der Waals surface area contributed by atoms with Crippen LogP contribution in [0.2, 0.25) is 0 Å². The Bertz CT molecular complexity index is 507. The topological polar surface area (TPSA) is 41.6 Å². The molecular formula is C9H5BrF3N3. The second-order valence-corrected chi connectivity index (χ2v) is 3.97. The number of halogens is 4. The molecule has 0 saturated carbocycles. The molecule has 0 amide bonds. The van der Waals surface area contributed by atoms with E-state index in [0.717, 1.165) is 6.07 Å². The van der Waals surface area contributed by atoms with E-state index < -0.39 is 11.9 Å². The van der Waals surface area contributed by atoms with Crippen molar-refractivity contribution >= 4 is 15.9 Å². The van der Waals surface area contributed by atoms with E-state index in [4.69, 9.17) is 0 Å². The Kier molecular flexibility index (Phi) is 2.71. The number of alkyl halides is 3. The van der Waals surface area contributed by atoms with E-state index in [0.29, 0.717) is 10.0 Å². The van der Waals surface area contributed by atoms with Crippen LogP contribution in [0.25, 0.3) is 11.3 Å². The van der Waals surface area contributed by atoms with Gasteiger partial charge in [-0.05, 0) is 28.1 Å². The lowest BCUT2D eigenvalue weighted by atomic mass is 10.2. The van der Waals surface area contributed by atoms with Gasteiger partial charge in [0.15, 0.2) is 0 Å². The fourth-order valence-electron chi connectivity index (χ4n) is 1.17. The van der Waals surface area contributed by atoms with Gasteiger partial charge in [-0.25, -0.2) is 0 Å². The number of H-pyrrole nitrogens is 1. The lowest BCUT2D eigenvalue weighted by Crippen LogP contribution is -2.04. The Morgan fingerprint density at radius 2 is 1.94 bits per heavy atom. The highest BCUT2D eigenvalue weighted by Gasteiger charge is 2.33. The molecule has 1 N–H and O–H groups in total. The van der Waals surface area contributed by atoms with Crippen molar-refractivity contribution in [3.63, 3.8) is 0 Å². The minimum Gasteiger partial charge on any atom is -0.273 e. The van der Waals surface area contributed by atoms with Crippen molar-refractivity contribution in [2.24, 2.45) is 0 Å². The number of nitrogens with zero attached hydrogens (tertiary/aromatic N) is 2. The molecule has 0 aromatic carbocycles. The number of aromatic amines is 1. The van der Waals surface area contributed by atoms with Gasteiger partial charge >= 0.3 is 6.18 Å². The Hall–Kier alpha value is -1.37. The second kappa shape index (κ2) is 3.89. The first-order chi connectivity index (χ1) is 7.47. The van der Waals surface area contributed by atoms with Crippen LogP contribution < -0.4 is 0 Å². The van der Waals surface area contributed by atoms with Crippen LogP contribution in [0.3, 0.4) is 0 Å². The van der Waals surface area contributed by atoms with Crippen LogP contribution in [0.4, 0.5) is 13.2 Å². The first-order valence-electron chi connectivity index (χ1n) is 4.20. The molecule has 0 fully saturated rings. The van der Waals surface area contributed by atoms with Crippen LogP contribution in [-0.4, -0.2) is 15.2 Å². The fraction of sp³-hybridized carbons (Fsp3) is 0.111. The molecular weight excluding hydrogens is 287 g/mol. The van der Waals surface area contributed by atoms with E-state index in [2.05, 4.69) is 26.0 Å². The summed E-state index contributed by atoms with van der Waals surface area (Å²) in [7, 11) is 0. The standard InChI is InChI=1S/C9H5BrF3N3/c10-6-1-5(3-14-4-6)7-2-8(16-15-7)9(11,12)13/h1-4H,(H,15,16). The van der Waals surface area contributed by atoms with E-state index in [9.17, 15) is 13.2 Å². The van der Waals surface area contributed by atoms with E-state index in [1.54, 1.807) is 12.3 Å². The summed E-state index contributed by atoms with van der Waals surface area (Å²) >= 11 is 3.18. The van der Waals surface area contributed by atoms with Crippen molar-refractivity contribution in [2.75, 3.05) is 0 Å². The van der Waals surface area contributed by atoms with Crippen molar-refractivity contribution in [3.8, 4) is 11.3 Å². The molecule has 2 rings (SSSR count). The second-order valence-electron chi connectivity index (χ2n) is 3.06. The zero-order chi connectivity index (χ0) is 11.8. The molecule has 0 radical (unpaired) electrons. The summed E-state index contributed by atoms with van der Waals surface area (Å²) in [4.78, 5) is 3.85. The maximum atomic E-state index is 12.3. The van der Waals surface area contributed by atoms with Gasteiger partial charge in [0.05, 0.1) is 5.69 Å². The van der Waals surface area contributed by atoms with Crippen molar-refractivity contribution in [1.29, 1.82) is 0 Å². The predicted molar refractivity (Wildman–Crippen MR) is 54.5 cm³/mol. The maximum Gasteiger partial charge on any atom is 0.432 e. The summed E-state index contributed by atoms with van der Waals surface area (Å²) in [5.74, 6) is 0. The van der Waals surface area contributed by atoms with Crippen molar-refractivity contribution in [2.45, 2.75) is 6.18 Å². The summed E-state index contributed by atoms with van der Waals surface area (Å²) in [5, 5.41) is 5.53. The molecule has 0 bridgehead atoms. The Labute approximate surface area is 96.8 Å². The van der Waals surface area contributed by atoms with Gasteiger partial charge in [0.25, 0.3) is 0 Å². The summed E-state index contributed by atoms with van der Waals surface area (Å²) in [6.45, 7) is 0. The lowest BCUT2D eigenvalue weighted by Gasteiger charge is -1.99. The molecule has 2 aromatic heterocycles. The van der Waals surface area contributed by atoms with Gasteiger partial charge in [-0.1, -0.05) is 0 Å². The monoisotopic (exact) mass is 291 g/mol. The third kappa shape index (κ3) is 2.24. The molecule has 2 aromatic rings. The Balaban J connectivity index is 2.39. The van der Waals surface area contributed by atoms with Gasteiger partial charge in [0.1, 0.15) is 5.69 Å². The van der Waals surface area contributed by atoms with Gasteiger partial charge in [-0.3, -0.25) is 10.1 Å². The average molecular weight is 292 g/mol. The smallest absolute Gasteiger partial charge is 0.273 e. The van der Waals surface area contributed by atoms with Crippen LogP contribution in [-0.2, 0) is 6.18 Å². The molecule has 0 unspecified atom stereocenters. The minimum atomic E-state index is -4.41. The molecule has 84 valence electrons.